The van der Waals surface area contributed by atoms with E-state index in [2.05, 4.69) is 5.32 Å². The third kappa shape index (κ3) is 1.39. The van der Waals surface area contributed by atoms with Gasteiger partial charge in [0.05, 0.1) is 0 Å². The quantitative estimate of drug-likeness (QED) is 0.655. The summed E-state index contributed by atoms with van der Waals surface area (Å²) in [6, 6.07) is 0. The van der Waals surface area contributed by atoms with Gasteiger partial charge in [-0.25, -0.2) is 4.79 Å². The maximum Gasteiger partial charge on any atom is 0.332 e. The molecule has 0 spiro atoms. The molecule has 0 bridgehead atoms. The molecule has 6 nitrogen and oxygen atoms in total. The summed E-state index contributed by atoms with van der Waals surface area (Å²) < 4.78 is 2.05. The first-order valence-electron chi connectivity index (χ1n) is 4.23. The number of anilines is 1. The van der Waals surface area contributed by atoms with Gasteiger partial charge in [0.2, 0.25) is 5.75 Å². The SMILES string of the molecule is CCNc1c(O)c(=O)n(C)c(=O)n1C. The van der Waals surface area contributed by atoms with Crippen molar-refractivity contribution in [3.63, 3.8) is 0 Å². The molecule has 1 aromatic heterocycles. The Labute approximate surface area is 80.4 Å². The number of aromatic hydroxyl groups is 1. The average molecular weight is 199 g/mol. The standard InChI is InChI=1S/C8H13N3O3/c1-4-9-6-5(12)7(13)11(3)8(14)10(6)2/h9,12H,4H2,1-3H3. The first-order chi connectivity index (χ1) is 6.50. The van der Waals surface area contributed by atoms with E-state index in [0.29, 0.717) is 6.54 Å². The van der Waals surface area contributed by atoms with E-state index < -0.39 is 17.0 Å². The van der Waals surface area contributed by atoms with Crippen molar-refractivity contribution < 1.29 is 5.11 Å². The topological polar surface area (TPSA) is 76.3 Å². The van der Waals surface area contributed by atoms with Crippen LogP contribution in [0.1, 0.15) is 6.92 Å². The number of nitrogens with zero attached hydrogens (tertiary/aromatic N) is 2. The smallest absolute Gasteiger partial charge is 0.332 e. The monoisotopic (exact) mass is 199 g/mol. The Bertz CT molecular complexity index is 421. The van der Waals surface area contributed by atoms with Crippen molar-refractivity contribution in [3.05, 3.63) is 20.8 Å². The molecule has 0 saturated carbocycles. The normalized spacial score (nSPS) is 10.2. The van der Waals surface area contributed by atoms with Crippen molar-refractivity contribution in [1.82, 2.24) is 9.13 Å². The van der Waals surface area contributed by atoms with E-state index in [-0.39, 0.29) is 5.82 Å². The molecule has 0 aromatic carbocycles. The minimum atomic E-state index is -0.691. The fraction of sp³-hybridized carbons (Fsp3) is 0.500. The highest BCUT2D eigenvalue weighted by Crippen LogP contribution is 2.13. The molecule has 1 rings (SSSR count). The van der Waals surface area contributed by atoms with Crippen molar-refractivity contribution in [2.45, 2.75) is 6.92 Å². The molecule has 0 radical (unpaired) electrons. The van der Waals surface area contributed by atoms with Gasteiger partial charge in [-0.3, -0.25) is 13.9 Å². The molecule has 78 valence electrons. The first kappa shape index (κ1) is 10.4. The van der Waals surface area contributed by atoms with E-state index in [4.69, 9.17) is 0 Å². The zero-order valence-corrected chi connectivity index (χ0v) is 8.37. The minimum Gasteiger partial charge on any atom is -0.501 e. The predicted molar refractivity (Wildman–Crippen MR) is 52.8 cm³/mol. The molecule has 0 amide bonds. The minimum absolute atomic E-state index is 0.153. The molecule has 0 unspecified atom stereocenters. The zero-order chi connectivity index (χ0) is 10.9. The molecule has 2 N–H and O–H groups in total. The lowest BCUT2D eigenvalue weighted by molar-refractivity contribution is 0.450. The van der Waals surface area contributed by atoms with Crippen molar-refractivity contribution in [1.29, 1.82) is 0 Å². The molecule has 0 saturated heterocycles. The number of rotatable bonds is 2. The summed E-state index contributed by atoms with van der Waals surface area (Å²) in [6.07, 6.45) is 0. The number of hydrogen-bond acceptors (Lipinski definition) is 4. The van der Waals surface area contributed by atoms with Gasteiger partial charge in [-0.2, -0.15) is 0 Å². The molecular formula is C8H13N3O3. The van der Waals surface area contributed by atoms with Gasteiger partial charge in [-0.05, 0) is 6.92 Å². The third-order valence-electron chi connectivity index (χ3n) is 1.99. The Balaban J connectivity index is 3.60. The van der Waals surface area contributed by atoms with Crippen LogP contribution in [0.25, 0.3) is 0 Å². The third-order valence-corrected chi connectivity index (χ3v) is 1.99. The lowest BCUT2D eigenvalue weighted by atomic mass is 10.4. The van der Waals surface area contributed by atoms with Gasteiger partial charge in [0, 0.05) is 20.6 Å². The maximum atomic E-state index is 11.4. The maximum absolute atomic E-state index is 11.4. The molecular weight excluding hydrogens is 186 g/mol. The Morgan fingerprint density at radius 1 is 1.29 bits per heavy atom. The summed E-state index contributed by atoms with van der Waals surface area (Å²) in [7, 11) is 2.81. The van der Waals surface area contributed by atoms with Crippen LogP contribution in [0.4, 0.5) is 5.82 Å². The highest BCUT2D eigenvalue weighted by atomic mass is 16.3. The van der Waals surface area contributed by atoms with Crippen molar-refractivity contribution >= 4 is 5.82 Å². The highest BCUT2D eigenvalue weighted by Gasteiger charge is 2.12. The Morgan fingerprint density at radius 3 is 2.36 bits per heavy atom. The van der Waals surface area contributed by atoms with Gasteiger partial charge < -0.3 is 10.4 Å². The summed E-state index contributed by atoms with van der Waals surface area (Å²) in [5.74, 6) is -0.281. The average Bonchev–Trinajstić information content (AvgIpc) is 2.19. The van der Waals surface area contributed by atoms with Crippen LogP contribution in [0, 0.1) is 0 Å². The summed E-state index contributed by atoms with van der Waals surface area (Å²) in [4.78, 5) is 22.7. The lowest BCUT2D eigenvalue weighted by Gasteiger charge is -2.11. The fourth-order valence-electron chi connectivity index (χ4n) is 1.20. The molecule has 0 aliphatic rings. The van der Waals surface area contributed by atoms with Crippen LogP contribution < -0.4 is 16.6 Å². The molecule has 0 atom stereocenters. The zero-order valence-electron chi connectivity index (χ0n) is 8.37. The van der Waals surface area contributed by atoms with Crippen LogP contribution in [-0.4, -0.2) is 20.8 Å². The summed E-state index contributed by atoms with van der Waals surface area (Å²) in [6.45, 7) is 2.33. The molecule has 0 aliphatic carbocycles. The number of nitrogens with one attached hydrogen (secondary N) is 1. The first-order valence-corrected chi connectivity index (χ1v) is 4.23. The van der Waals surface area contributed by atoms with E-state index in [1.54, 1.807) is 6.92 Å². The van der Waals surface area contributed by atoms with Gasteiger partial charge in [-0.1, -0.05) is 0 Å². The second-order valence-corrected chi connectivity index (χ2v) is 2.93. The fourth-order valence-corrected chi connectivity index (χ4v) is 1.20. The van der Waals surface area contributed by atoms with Gasteiger partial charge in [0.1, 0.15) is 0 Å². The van der Waals surface area contributed by atoms with Gasteiger partial charge in [0.15, 0.2) is 5.82 Å². The summed E-state index contributed by atoms with van der Waals surface area (Å²) in [5.41, 5.74) is -1.16. The molecule has 6 heteroatoms. The Kier molecular flexibility index (Phi) is 2.64. The molecule has 0 aliphatic heterocycles. The number of aromatic nitrogens is 2. The van der Waals surface area contributed by atoms with E-state index in [1.807, 2.05) is 0 Å². The Morgan fingerprint density at radius 2 is 1.86 bits per heavy atom. The van der Waals surface area contributed by atoms with E-state index in [1.165, 1.54) is 18.7 Å². The second-order valence-electron chi connectivity index (χ2n) is 2.93. The van der Waals surface area contributed by atoms with Crippen LogP contribution in [-0.2, 0) is 14.1 Å². The lowest BCUT2D eigenvalue weighted by Crippen LogP contribution is -2.37. The summed E-state index contributed by atoms with van der Waals surface area (Å²) in [5, 5.41) is 12.2. The summed E-state index contributed by atoms with van der Waals surface area (Å²) >= 11 is 0. The molecule has 14 heavy (non-hydrogen) atoms. The van der Waals surface area contributed by atoms with Crippen molar-refractivity contribution in [2.75, 3.05) is 11.9 Å². The van der Waals surface area contributed by atoms with Crippen LogP contribution in [0.5, 0.6) is 5.75 Å². The van der Waals surface area contributed by atoms with Crippen molar-refractivity contribution in [2.24, 2.45) is 14.1 Å². The van der Waals surface area contributed by atoms with E-state index in [9.17, 15) is 14.7 Å². The second kappa shape index (κ2) is 3.57. The Hall–Kier alpha value is -1.72. The van der Waals surface area contributed by atoms with Crippen molar-refractivity contribution in [3.8, 4) is 5.75 Å². The largest absolute Gasteiger partial charge is 0.501 e. The van der Waals surface area contributed by atoms with Crippen LogP contribution >= 0.6 is 0 Å². The van der Waals surface area contributed by atoms with Gasteiger partial charge >= 0.3 is 5.69 Å². The predicted octanol–water partition coefficient (Wildman–Crippen LogP) is -0.779. The van der Waals surface area contributed by atoms with Gasteiger partial charge in [-0.15, -0.1) is 0 Å². The molecule has 1 heterocycles. The highest BCUT2D eigenvalue weighted by molar-refractivity contribution is 5.48. The van der Waals surface area contributed by atoms with Crippen LogP contribution in [0.2, 0.25) is 0 Å². The van der Waals surface area contributed by atoms with E-state index in [0.717, 1.165) is 4.57 Å². The molecule has 0 fully saturated rings. The molecule has 1 aromatic rings. The van der Waals surface area contributed by atoms with Gasteiger partial charge in [0.25, 0.3) is 5.56 Å². The van der Waals surface area contributed by atoms with Crippen LogP contribution in [0.15, 0.2) is 9.59 Å². The van der Waals surface area contributed by atoms with Crippen LogP contribution in [0.3, 0.4) is 0 Å². The van der Waals surface area contributed by atoms with E-state index >= 15 is 0 Å². The number of hydrogen-bond donors (Lipinski definition) is 2.